The Morgan fingerprint density at radius 2 is 2.00 bits per heavy atom. The lowest BCUT2D eigenvalue weighted by atomic mass is 10.0. The molecule has 1 aliphatic carbocycles. The molecule has 1 saturated carbocycles. The van der Waals surface area contributed by atoms with Crippen molar-refractivity contribution in [1.82, 2.24) is 15.1 Å². The molecule has 1 fully saturated rings. The fourth-order valence-corrected chi connectivity index (χ4v) is 2.91. The number of aliphatic hydroxyl groups is 1. The van der Waals surface area contributed by atoms with Gasteiger partial charge in [-0.2, -0.15) is 5.10 Å². The van der Waals surface area contributed by atoms with Crippen LogP contribution in [0.3, 0.4) is 0 Å². The molecule has 5 nitrogen and oxygen atoms in total. The number of nitrogens with one attached hydrogen (secondary N) is 1. The van der Waals surface area contributed by atoms with Crippen molar-refractivity contribution in [1.29, 1.82) is 0 Å². The lowest BCUT2D eigenvalue weighted by molar-refractivity contribution is -0.139. The van der Waals surface area contributed by atoms with E-state index in [1.54, 1.807) is 10.9 Å². The zero-order valence-electron chi connectivity index (χ0n) is 12.5. The average Bonchev–Trinajstić information content (AvgIpc) is 3.20. The van der Waals surface area contributed by atoms with E-state index < -0.39 is 5.60 Å². The summed E-state index contributed by atoms with van der Waals surface area (Å²) in [4.78, 5) is 12.0. The molecule has 5 heteroatoms. The Morgan fingerprint density at radius 1 is 1.27 bits per heavy atom. The maximum absolute atomic E-state index is 12.0. The second-order valence-corrected chi connectivity index (χ2v) is 5.86. The summed E-state index contributed by atoms with van der Waals surface area (Å²) in [5.74, 6) is -0.224. The summed E-state index contributed by atoms with van der Waals surface area (Å²) in [6, 6.07) is 9.97. The fourth-order valence-electron chi connectivity index (χ4n) is 2.91. The summed E-state index contributed by atoms with van der Waals surface area (Å²) in [6.45, 7) is 0.544. The van der Waals surface area contributed by atoms with Crippen LogP contribution in [0.25, 0.3) is 5.69 Å². The molecule has 0 saturated heterocycles. The molecule has 0 aliphatic heterocycles. The van der Waals surface area contributed by atoms with E-state index in [1.165, 1.54) is 0 Å². The standard InChI is InChI=1S/C17H21N3O2/c21-16(17(22)9-1-2-10-17)18-12-8-14-4-6-15(7-5-14)20-13-3-11-19-20/h3-7,11,13,22H,1-2,8-10,12H2,(H,18,21). The molecule has 3 rings (SSSR count). The van der Waals surface area contributed by atoms with Gasteiger partial charge in [-0.3, -0.25) is 4.79 Å². The van der Waals surface area contributed by atoms with Crippen LogP contribution in [-0.2, 0) is 11.2 Å². The van der Waals surface area contributed by atoms with Crippen molar-refractivity contribution in [3.05, 3.63) is 48.3 Å². The molecule has 22 heavy (non-hydrogen) atoms. The van der Waals surface area contributed by atoms with Gasteiger partial charge in [0.05, 0.1) is 5.69 Å². The van der Waals surface area contributed by atoms with Crippen LogP contribution in [0, 0.1) is 0 Å². The van der Waals surface area contributed by atoms with Crippen molar-refractivity contribution in [2.45, 2.75) is 37.7 Å². The first kappa shape index (κ1) is 14.8. The van der Waals surface area contributed by atoms with E-state index in [2.05, 4.69) is 10.4 Å². The predicted molar refractivity (Wildman–Crippen MR) is 83.7 cm³/mol. The number of hydrogen-bond acceptors (Lipinski definition) is 3. The van der Waals surface area contributed by atoms with Crippen molar-refractivity contribution >= 4 is 5.91 Å². The highest BCUT2D eigenvalue weighted by Gasteiger charge is 2.38. The highest BCUT2D eigenvalue weighted by molar-refractivity contribution is 5.85. The first-order valence-corrected chi connectivity index (χ1v) is 7.77. The lowest BCUT2D eigenvalue weighted by Gasteiger charge is -2.20. The van der Waals surface area contributed by atoms with Gasteiger partial charge in [0.25, 0.3) is 5.91 Å². The third-order valence-electron chi connectivity index (χ3n) is 4.26. The molecule has 1 aliphatic rings. The average molecular weight is 299 g/mol. The fraction of sp³-hybridized carbons (Fsp3) is 0.412. The summed E-state index contributed by atoms with van der Waals surface area (Å²) in [6.07, 6.45) is 7.42. The molecule has 1 amide bonds. The van der Waals surface area contributed by atoms with Crippen molar-refractivity contribution in [2.24, 2.45) is 0 Å². The van der Waals surface area contributed by atoms with Gasteiger partial charge in [0.15, 0.2) is 0 Å². The third-order valence-corrected chi connectivity index (χ3v) is 4.26. The van der Waals surface area contributed by atoms with Gasteiger partial charge in [-0.1, -0.05) is 12.1 Å². The molecule has 0 unspecified atom stereocenters. The smallest absolute Gasteiger partial charge is 0.251 e. The molecule has 2 N–H and O–H groups in total. The van der Waals surface area contributed by atoms with Crippen molar-refractivity contribution in [3.8, 4) is 5.69 Å². The first-order chi connectivity index (χ1) is 10.7. The Hall–Kier alpha value is -2.14. The van der Waals surface area contributed by atoms with Gasteiger partial charge in [0.1, 0.15) is 5.60 Å². The number of carbonyl (C=O) groups is 1. The van der Waals surface area contributed by atoms with Crippen LogP contribution in [0.5, 0.6) is 0 Å². The molecule has 0 atom stereocenters. The third kappa shape index (κ3) is 3.20. The number of benzene rings is 1. The number of rotatable bonds is 5. The van der Waals surface area contributed by atoms with Gasteiger partial charge < -0.3 is 10.4 Å². The minimum Gasteiger partial charge on any atom is -0.380 e. The molecule has 0 spiro atoms. The summed E-state index contributed by atoms with van der Waals surface area (Å²) in [5, 5.41) is 17.2. The SMILES string of the molecule is O=C(NCCc1ccc(-n2cccn2)cc1)C1(O)CCCC1. The Labute approximate surface area is 130 Å². The Kier molecular flexibility index (Phi) is 4.24. The number of hydrogen-bond donors (Lipinski definition) is 2. The van der Waals surface area contributed by atoms with Gasteiger partial charge >= 0.3 is 0 Å². The summed E-state index contributed by atoms with van der Waals surface area (Å²) < 4.78 is 1.81. The van der Waals surface area contributed by atoms with Crippen molar-refractivity contribution in [3.63, 3.8) is 0 Å². The van der Waals surface area contributed by atoms with Gasteiger partial charge in [0.2, 0.25) is 0 Å². The van der Waals surface area contributed by atoms with Gasteiger partial charge in [-0.25, -0.2) is 4.68 Å². The van der Waals surface area contributed by atoms with Crippen LogP contribution in [0.4, 0.5) is 0 Å². The van der Waals surface area contributed by atoms with Crippen LogP contribution in [0.2, 0.25) is 0 Å². The van der Waals surface area contributed by atoms with Crippen molar-refractivity contribution < 1.29 is 9.90 Å². The van der Waals surface area contributed by atoms with Crippen LogP contribution in [0.1, 0.15) is 31.2 Å². The minimum absolute atomic E-state index is 0.224. The van der Waals surface area contributed by atoms with E-state index >= 15 is 0 Å². The Morgan fingerprint density at radius 3 is 2.64 bits per heavy atom. The van der Waals surface area contributed by atoms with E-state index in [0.29, 0.717) is 19.4 Å². The molecule has 1 aromatic heterocycles. The van der Waals surface area contributed by atoms with Crippen LogP contribution >= 0.6 is 0 Å². The van der Waals surface area contributed by atoms with Gasteiger partial charge in [-0.15, -0.1) is 0 Å². The highest BCUT2D eigenvalue weighted by Crippen LogP contribution is 2.29. The molecule has 1 aromatic carbocycles. The van der Waals surface area contributed by atoms with E-state index in [9.17, 15) is 9.90 Å². The van der Waals surface area contributed by atoms with E-state index in [0.717, 1.165) is 30.5 Å². The van der Waals surface area contributed by atoms with E-state index in [4.69, 9.17) is 0 Å². The number of amides is 1. The molecule has 0 bridgehead atoms. The molecule has 116 valence electrons. The molecular formula is C17H21N3O2. The molecule has 0 radical (unpaired) electrons. The maximum atomic E-state index is 12.0. The molecule has 1 heterocycles. The Bertz CT molecular complexity index is 614. The van der Waals surface area contributed by atoms with Gasteiger partial charge in [0, 0.05) is 18.9 Å². The second kappa shape index (κ2) is 6.32. The quantitative estimate of drug-likeness (QED) is 0.885. The van der Waals surface area contributed by atoms with Crippen LogP contribution in [0.15, 0.2) is 42.7 Å². The zero-order valence-corrected chi connectivity index (χ0v) is 12.5. The number of carbonyl (C=O) groups excluding carboxylic acids is 1. The summed E-state index contributed by atoms with van der Waals surface area (Å²) >= 11 is 0. The van der Waals surface area contributed by atoms with Gasteiger partial charge in [-0.05, 0) is 55.9 Å². The summed E-state index contributed by atoms with van der Waals surface area (Å²) in [7, 11) is 0. The highest BCUT2D eigenvalue weighted by atomic mass is 16.3. The topological polar surface area (TPSA) is 67.2 Å². The van der Waals surface area contributed by atoms with E-state index in [-0.39, 0.29) is 5.91 Å². The monoisotopic (exact) mass is 299 g/mol. The summed E-state index contributed by atoms with van der Waals surface area (Å²) in [5.41, 5.74) is 1.02. The number of nitrogens with zero attached hydrogens (tertiary/aromatic N) is 2. The van der Waals surface area contributed by atoms with E-state index in [1.807, 2.05) is 36.5 Å². The normalized spacial score (nSPS) is 16.6. The Balaban J connectivity index is 1.50. The largest absolute Gasteiger partial charge is 0.380 e. The van der Waals surface area contributed by atoms with Crippen LogP contribution in [-0.4, -0.2) is 32.9 Å². The second-order valence-electron chi connectivity index (χ2n) is 5.86. The zero-order chi connectivity index (χ0) is 15.4. The lowest BCUT2D eigenvalue weighted by Crippen LogP contribution is -2.45. The predicted octanol–water partition coefficient (Wildman–Crippen LogP) is 1.84. The minimum atomic E-state index is -1.13. The number of aromatic nitrogens is 2. The van der Waals surface area contributed by atoms with Crippen LogP contribution < -0.4 is 5.32 Å². The van der Waals surface area contributed by atoms with Crippen molar-refractivity contribution in [2.75, 3.05) is 6.54 Å². The molecular weight excluding hydrogens is 278 g/mol. The first-order valence-electron chi connectivity index (χ1n) is 7.77. The maximum Gasteiger partial charge on any atom is 0.251 e. The molecule has 2 aromatic rings.